The number of aromatic amines is 1. The number of aromatic nitrogens is 3. The van der Waals surface area contributed by atoms with Gasteiger partial charge < -0.3 is 20.1 Å². The molecule has 0 aliphatic carbocycles. The topological polar surface area (TPSA) is 101 Å². The van der Waals surface area contributed by atoms with Gasteiger partial charge in [0, 0.05) is 24.5 Å². The summed E-state index contributed by atoms with van der Waals surface area (Å²) < 4.78 is 5.09. The lowest BCUT2D eigenvalue weighted by molar-refractivity contribution is 0.357. The van der Waals surface area contributed by atoms with E-state index in [0.717, 1.165) is 5.69 Å². The Morgan fingerprint density at radius 2 is 2.26 bits per heavy atom. The van der Waals surface area contributed by atoms with E-state index < -0.39 is 0 Å². The summed E-state index contributed by atoms with van der Waals surface area (Å²) >= 11 is 0. The van der Waals surface area contributed by atoms with Crippen LogP contribution in [-0.4, -0.2) is 40.7 Å². The minimum Gasteiger partial charge on any atom is -0.364 e. The molecule has 0 fully saturated rings. The van der Waals surface area contributed by atoms with Crippen molar-refractivity contribution in [3.63, 3.8) is 0 Å². The van der Waals surface area contributed by atoms with E-state index in [9.17, 15) is 4.79 Å². The van der Waals surface area contributed by atoms with Crippen molar-refractivity contribution < 1.29 is 4.52 Å². The van der Waals surface area contributed by atoms with Crippen LogP contribution in [0.25, 0.3) is 11.5 Å². The summed E-state index contributed by atoms with van der Waals surface area (Å²) in [4.78, 5) is 20.9. The number of hydrogen-bond donors (Lipinski definition) is 2. The number of nitrogens with one attached hydrogen (secondary N) is 1. The predicted octanol–water partition coefficient (Wildman–Crippen LogP) is 0.295. The highest BCUT2D eigenvalue weighted by Gasteiger charge is 2.17. The van der Waals surface area contributed by atoms with Crippen molar-refractivity contribution in [2.75, 3.05) is 20.6 Å². The zero-order valence-corrected chi connectivity index (χ0v) is 11.2. The number of nitrogens with zero attached hydrogens (tertiary/aromatic N) is 3. The molecule has 0 aliphatic rings. The van der Waals surface area contributed by atoms with Crippen molar-refractivity contribution in [3.8, 4) is 11.5 Å². The van der Waals surface area contributed by atoms with Gasteiger partial charge in [-0.1, -0.05) is 5.16 Å². The molecule has 0 radical (unpaired) electrons. The zero-order valence-electron chi connectivity index (χ0n) is 11.2. The molecule has 2 rings (SSSR count). The van der Waals surface area contributed by atoms with E-state index in [1.54, 1.807) is 13.1 Å². The number of nitrogens with two attached hydrogens (primary N) is 1. The van der Waals surface area contributed by atoms with Crippen LogP contribution in [0.5, 0.6) is 0 Å². The number of aryl methyl sites for hydroxylation is 1. The van der Waals surface area contributed by atoms with Gasteiger partial charge in [0.2, 0.25) is 0 Å². The molecule has 0 saturated heterocycles. The van der Waals surface area contributed by atoms with Gasteiger partial charge in [-0.3, -0.25) is 4.79 Å². The first-order chi connectivity index (χ1) is 8.97. The van der Waals surface area contributed by atoms with E-state index in [1.807, 2.05) is 19.0 Å². The van der Waals surface area contributed by atoms with Gasteiger partial charge in [0.15, 0.2) is 11.3 Å². The van der Waals surface area contributed by atoms with Crippen molar-refractivity contribution in [2.24, 2.45) is 5.73 Å². The van der Waals surface area contributed by atoms with Crippen LogP contribution in [0.15, 0.2) is 21.6 Å². The Morgan fingerprint density at radius 1 is 1.53 bits per heavy atom. The molecule has 7 nitrogen and oxygen atoms in total. The second kappa shape index (κ2) is 5.33. The quantitative estimate of drug-likeness (QED) is 0.822. The summed E-state index contributed by atoms with van der Waals surface area (Å²) in [5.41, 5.74) is 6.90. The van der Waals surface area contributed by atoms with E-state index >= 15 is 0 Å². The summed E-state index contributed by atoms with van der Waals surface area (Å²) in [7, 11) is 3.82. The number of likely N-dealkylation sites (N-methyl/N-ethyl adjacent to an activating group) is 1. The molecular formula is C12H17N5O2. The second-order valence-corrected chi connectivity index (χ2v) is 4.72. The first-order valence-corrected chi connectivity index (χ1v) is 5.91. The number of hydrogen-bond acceptors (Lipinski definition) is 6. The fourth-order valence-corrected chi connectivity index (χ4v) is 1.71. The van der Waals surface area contributed by atoms with Crippen molar-refractivity contribution in [1.29, 1.82) is 0 Å². The van der Waals surface area contributed by atoms with Gasteiger partial charge >= 0.3 is 0 Å². The Balaban J connectivity index is 2.28. The third-order valence-electron chi connectivity index (χ3n) is 2.62. The van der Waals surface area contributed by atoms with Gasteiger partial charge in [0.1, 0.15) is 5.56 Å². The van der Waals surface area contributed by atoms with E-state index in [-0.39, 0.29) is 17.4 Å². The minimum atomic E-state index is -0.350. The van der Waals surface area contributed by atoms with Crippen LogP contribution in [0.1, 0.15) is 17.6 Å². The minimum absolute atomic E-state index is 0.160. The molecule has 0 bridgehead atoms. The molecule has 3 N–H and O–H groups in total. The van der Waals surface area contributed by atoms with Gasteiger partial charge in [0.05, 0.1) is 6.04 Å². The molecule has 2 aromatic rings. The molecule has 0 aromatic carbocycles. The van der Waals surface area contributed by atoms with E-state index in [0.29, 0.717) is 17.9 Å². The fraction of sp³-hybridized carbons (Fsp3) is 0.417. The number of pyridine rings is 1. The van der Waals surface area contributed by atoms with Gasteiger partial charge in [-0.15, -0.1) is 0 Å². The van der Waals surface area contributed by atoms with Crippen LogP contribution in [0.4, 0.5) is 0 Å². The first kappa shape index (κ1) is 13.4. The van der Waals surface area contributed by atoms with Crippen molar-refractivity contribution in [3.05, 3.63) is 34.0 Å². The van der Waals surface area contributed by atoms with Crippen LogP contribution >= 0.6 is 0 Å². The highest BCUT2D eigenvalue weighted by atomic mass is 16.5. The smallest absolute Gasteiger partial charge is 0.263 e. The normalized spacial score (nSPS) is 12.9. The standard InChI is InChI=1S/C12H17N5O2/c1-7-4-10(18)8(5-14-7)12-15-11(16-19-12)9(13)6-17(2)3/h4-5,9H,6,13H2,1-3H3,(H,14,18). The Labute approximate surface area is 110 Å². The summed E-state index contributed by atoms with van der Waals surface area (Å²) in [6.07, 6.45) is 1.56. The molecule has 19 heavy (non-hydrogen) atoms. The van der Waals surface area contributed by atoms with E-state index in [1.165, 1.54) is 6.07 Å². The van der Waals surface area contributed by atoms with E-state index in [4.69, 9.17) is 10.3 Å². The predicted molar refractivity (Wildman–Crippen MR) is 70.6 cm³/mol. The Kier molecular flexibility index (Phi) is 3.77. The van der Waals surface area contributed by atoms with Gasteiger partial charge in [0.25, 0.3) is 5.89 Å². The first-order valence-electron chi connectivity index (χ1n) is 5.91. The maximum absolute atomic E-state index is 11.8. The highest BCUT2D eigenvalue weighted by Crippen LogP contribution is 2.15. The summed E-state index contributed by atoms with van der Waals surface area (Å²) in [6, 6.07) is 1.14. The van der Waals surface area contributed by atoms with Crippen LogP contribution in [0.3, 0.4) is 0 Å². The maximum atomic E-state index is 11.8. The molecular weight excluding hydrogens is 246 g/mol. The van der Waals surface area contributed by atoms with Crippen LogP contribution in [0, 0.1) is 6.92 Å². The fourth-order valence-electron chi connectivity index (χ4n) is 1.71. The molecule has 1 unspecified atom stereocenters. The average molecular weight is 263 g/mol. The van der Waals surface area contributed by atoms with Crippen LogP contribution < -0.4 is 11.2 Å². The molecule has 0 aliphatic heterocycles. The largest absolute Gasteiger partial charge is 0.364 e. The lowest BCUT2D eigenvalue weighted by Crippen LogP contribution is -2.26. The summed E-state index contributed by atoms with van der Waals surface area (Å²) in [5.74, 6) is 0.578. The van der Waals surface area contributed by atoms with Crippen molar-refractivity contribution in [1.82, 2.24) is 20.0 Å². The molecule has 2 heterocycles. The zero-order chi connectivity index (χ0) is 14.0. The van der Waals surface area contributed by atoms with Crippen molar-refractivity contribution in [2.45, 2.75) is 13.0 Å². The third kappa shape index (κ3) is 3.07. The van der Waals surface area contributed by atoms with Crippen LogP contribution in [-0.2, 0) is 0 Å². The summed E-state index contributed by atoms with van der Waals surface area (Å²) in [5, 5.41) is 3.82. The molecule has 7 heteroatoms. The average Bonchev–Trinajstić information content (AvgIpc) is 2.77. The molecule has 2 aromatic heterocycles. The molecule has 102 valence electrons. The van der Waals surface area contributed by atoms with Crippen molar-refractivity contribution >= 4 is 0 Å². The van der Waals surface area contributed by atoms with Gasteiger partial charge in [-0.25, -0.2) is 0 Å². The molecule has 0 saturated carbocycles. The summed E-state index contributed by atoms with van der Waals surface area (Å²) in [6.45, 7) is 2.40. The molecule has 1 atom stereocenters. The molecule has 0 spiro atoms. The molecule has 0 amide bonds. The highest BCUT2D eigenvalue weighted by molar-refractivity contribution is 5.50. The van der Waals surface area contributed by atoms with E-state index in [2.05, 4.69) is 15.1 Å². The monoisotopic (exact) mass is 263 g/mol. The Bertz CT molecular complexity index is 617. The SMILES string of the molecule is Cc1cc(=O)c(-c2nc(C(N)CN(C)C)no2)c[nH]1. The Hall–Kier alpha value is -1.99. The maximum Gasteiger partial charge on any atom is 0.263 e. The lowest BCUT2D eigenvalue weighted by Gasteiger charge is -2.12. The number of rotatable bonds is 4. The lowest BCUT2D eigenvalue weighted by atomic mass is 10.2. The van der Waals surface area contributed by atoms with Gasteiger partial charge in [-0.2, -0.15) is 4.98 Å². The van der Waals surface area contributed by atoms with Crippen LogP contribution in [0.2, 0.25) is 0 Å². The second-order valence-electron chi connectivity index (χ2n) is 4.72. The Morgan fingerprint density at radius 3 is 2.89 bits per heavy atom. The third-order valence-corrected chi connectivity index (χ3v) is 2.62. The van der Waals surface area contributed by atoms with Gasteiger partial charge in [-0.05, 0) is 21.0 Å². The number of H-pyrrole nitrogens is 1.